The number of para-hydroxylation sites is 2. The van der Waals surface area contributed by atoms with Crippen LogP contribution in [0.2, 0.25) is 0 Å². The smallest absolute Gasteiger partial charge is 0.326 e. The molecular formula is C17H15N5O2S. The van der Waals surface area contributed by atoms with E-state index in [0.29, 0.717) is 17.7 Å². The highest BCUT2D eigenvalue weighted by Crippen LogP contribution is 2.23. The summed E-state index contributed by atoms with van der Waals surface area (Å²) in [5.74, 6) is 1.27. The molecule has 3 aromatic heterocycles. The van der Waals surface area contributed by atoms with E-state index in [2.05, 4.69) is 20.2 Å². The molecule has 1 aromatic carbocycles. The zero-order valence-electron chi connectivity index (χ0n) is 13.3. The maximum Gasteiger partial charge on any atom is 0.326 e. The molecule has 4 aromatic rings. The van der Waals surface area contributed by atoms with Crippen molar-refractivity contribution < 1.29 is 4.42 Å². The second kappa shape index (κ2) is 6.94. The van der Waals surface area contributed by atoms with E-state index in [9.17, 15) is 4.79 Å². The summed E-state index contributed by atoms with van der Waals surface area (Å²) in [4.78, 5) is 18.8. The highest BCUT2D eigenvalue weighted by molar-refractivity contribution is 7.99. The van der Waals surface area contributed by atoms with Gasteiger partial charge in [0, 0.05) is 30.3 Å². The van der Waals surface area contributed by atoms with Crippen molar-refractivity contribution in [1.82, 2.24) is 24.7 Å². The van der Waals surface area contributed by atoms with Gasteiger partial charge in [-0.25, -0.2) is 4.79 Å². The van der Waals surface area contributed by atoms with Crippen LogP contribution < -0.4 is 5.69 Å². The zero-order valence-corrected chi connectivity index (χ0v) is 14.1. The summed E-state index contributed by atoms with van der Waals surface area (Å²) in [7, 11) is 0. The molecule has 0 saturated heterocycles. The van der Waals surface area contributed by atoms with Crippen LogP contribution >= 0.6 is 11.8 Å². The summed E-state index contributed by atoms with van der Waals surface area (Å²) >= 11 is 1.49. The lowest BCUT2D eigenvalue weighted by atomic mass is 10.3. The fourth-order valence-electron chi connectivity index (χ4n) is 2.59. The number of thioether (sulfide) groups is 1. The summed E-state index contributed by atoms with van der Waals surface area (Å²) in [6.07, 6.45) is 4.19. The lowest BCUT2D eigenvalue weighted by molar-refractivity contribution is 0.465. The monoisotopic (exact) mass is 353 g/mol. The van der Waals surface area contributed by atoms with E-state index >= 15 is 0 Å². The maximum atomic E-state index is 12.0. The Bertz CT molecular complexity index is 1040. The number of fused-ring (bicyclic) bond motifs is 1. The van der Waals surface area contributed by atoms with Gasteiger partial charge in [0.2, 0.25) is 5.89 Å². The normalized spacial score (nSPS) is 11.2. The van der Waals surface area contributed by atoms with E-state index in [4.69, 9.17) is 4.42 Å². The first kappa shape index (κ1) is 15.6. The number of hydrogen-bond donors (Lipinski definition) is 1. The Morgan fingerprint density at radius 3 is 2.84 bits per heavy atom. The van der Waals surface area contributed by atoms with E-state index < -0.39 is 0 Å². The Morgan fingerprint density at radius 2 is 1.96 bits per heavy atom. The number of hydrogen-bond acceptors (Lipinski definition) is 6. The number of aryl methyl sites for hydroxylation is 1. The van der Waals surface area contributed by atoms with Gasteiger partial charge >= 0.3 is 5.69 Å². The van der Waals surface area contributed by atoms with Crippen molar-refractivity contribution in [2.24, 2.45) is 0 Å². The summed E-state index contributed by atoms with van der Waals surface area (Å²) in [6, 6.07) is 11.3. The van der Waals surface area contributed by atoms with E-state index in [1.165, 1.54) is 11.8 Å². The van der Waals surface area contributed by atoms with Gasteiger partial charge in [0.15, 0.2) is 0 Å². The number of nitrogens with one attached hydrogen (secondary N) is 1. The number of nitrogens with zero attached hydrogens (tertiary/aromatic N) is 4. The molecule has 0 aliphatic rings. The van der Waals surface area contributed by atoms with Crippen LogP contribution in [0.5, 0.6) is 0 Å². The number of imidazole rings is 1. The minimum absolute atomic E-state index is 0.0797. The summed E-state index contributed by atoms with van der Waals surface area (Å²) in [6.45, 7) is 0.640. The van der Waals surface area contributed by atoms with Gasteiger partial charge in [-0.15, -0.1) is 10.2 Å². The van der Waals surface area contributed by atoms with Crippen LogP contribution in [0.4, 0.5) is 0 Å². The van der Waals surface area contributed by atoms with Gasteiger partial charge in [0.1, 0.15) is 0 Å². The quantitative estimate of drug-likeness (QED) is 0.423. The molecule has 25 heavy (non-hydrogen) atoms. The average Bonchev–Trinajstić information content (AvgIpc) is 3.24. The topological polar surface area (TPSA) is 89.6 Å². The van der Waals surface area contributed by atoms with Gasteiger partial charge in [-0.3, -0.25) is 9.55 Å². The van der Waals surface area contributed by atoms with Crippen LogP contribution in [0.25, 0.3) is 22.5 Å². The van der Waals surface area contributed by atoms with Crippen molar-refractivity contribution in [3.8, 4) is 11.5 Å². The Kier molecular flexibility index (Phi) is 4.34. The van der Waals surface area contributed by atoms with Crippen molar-refractivity contribution in [3.63, 3.8) is 0 Å². The van der Waals surface area contributed by atoms with E-state index in [-0.39, 0.29) is 5.69 Å². The first-order chi connectivity index (χ1) is 12.3. The molecule has 0 aliphatic carbocycles. The number of rotatable bonds is 6. The molecule has 0 atom stereocenters. The van der Waals surface area contributed by atoms with Gasteiger partial charge in [0.25, 0.3) is 5.22 Å². The van der Waals surface area contributed by atoms with Gasteiger partial charge in [-0.1, -0.05) is 23.9 Å². The zero-order chi connectivity index (χ0) is 17.1. The Balaban J connectivity index is 1.36. The summed E-state index contributed by atoms with van der Waals surface area (Å²) in [5.41, 5.74) is 2.55. The molecule has 0 fully saturated rings. The van der Waals surface area contributed by atoms with Crippen molar-refractivity contribution in [3.05, 3.63) is 59.3 Å². The molecule has 0 saturated carbocycles. The molecule has 0 radical (unpaired) electrons. The third-order valence-corrected chi connectivity index (χ3v) is 4.67. The molecule has 0 spiro atoms. The minimum atomic E-state index is -0.0797. The summed E-state index contributed by atoms with van der Waals surface area (Å²) < 4.78 is 7.40. The molecule has 126 valence electrons. The first-order valence-corrected chi connectivity index (χ1v) is 8.84. The number of pyridine rings is 1. The fraction of sp³-hybridized carbons (Fsp3) is 0.176. The molecule has 0 bridgehead atoms. The molecule has 0 unspecified atom stereocenters. The van der Waals surface area contributed by atoms with Crippen molar-refractivity contribution in [1.29, 1.82) is 0 Å². The van der Waals surface area contributed by atoms with Gasteiger partial charge < -0.3 is 9.40 Å². The Hall–Kier alpha value is -2.87. The first-order valence-electron chi connectivity index (χ1n) is 7.85. The van der Waals surface area contributed by atoms with Crippen LogP contribution in [0, 0.1) is 0 Å². The van der Waals surface area contributed by atoms with Crippen LogP contribution in [-0.4, -0.2) is 30.5 Å². The van der Waals surface area contributed by atoms with Crippen LogP contribution in [0.15, 0.2) is 63.2 Å². The predicted molar refractivity (Wildman–Crippen MR) is 95.4 cm³/mol. The van der Waals surface area contributed by atoms with Gasteiger partial charge in [0.05, 0.1) is 11.0 Å². The number of H-pyrrole nitrogens is 1. The molecule has 4 rings (SSSR count). The number of aromatic amines is 1. The van der Waals surface area contributed by atoms with Crippen molar-refractivity contribution >= 4 is 22.8 Å². The highest BCUT2D eigenvalue weighted by atomic mass is 32.2. The van der Waals surface area contributed by atoms with Crippen LogP contribution in [-0.2, 0) is 6.54 Å². The fourth-order valence-corrected chi connectivity index (χ4v) is 3.27. The third-order valence-electron chi connectivity index (χ3n) is 3.77. The second-order valence-corrected chi connectivity index (χ2v) is 6.46. The predicted octanol–water partition coefficient (Wildman–Crippen LogP) is 2.96. The SMILES string of the molecule is O=c1[nH]c2ccccc2n1CCCSc1nnc(-c2ccncc2)o1. The van der Waals surface area contributed by atoms with Gasteiger partial charge in [-0.2, -0.15) is 0 Å². The lowest BCUT2D eigenvalue weighted by Gasteiger charge is -2.02. The molecular weight excluding hydrogens is 338 g/mol. The van der Waals surface area contributed by atoms with Gasteiger partial charge in [-0.05, 0) is 30.7 Å². The molecule has 0 amide bonds. The molecule has 7 nitrogen and oxygen atoms in total. The van der Waals surface area contributed by atoms with E-state index in [1.54, 1.807) is 17.0 Å². The van der Waals surface area contributed by atoms with Crippen LogP contribution in [0.3, 0.4) is 0 Å². The van der Waals surface area contributed by atoms with Crippen LogP contribution in [0.1, 0.15) is 6.42 Å². The molecule has 0 aliphatic heterocycles. The largest absolute Gasteiger partial charge is 0.411 e. The highest BCUT2D eigenvalue weighted by Gasteiger charge is 2.09. The van der Waals surface area contributed by atoms with E-state index in [1.807, 2.05) is 36.4 Å². The third kappa shape index (κ3) is 3.34. The Labute approximate surface area is 147 Å². The molecule has 8 heteroatoms. The average molecular weight is 353 g/mol. The number of benzene rings is 1. The second-order valence-electron chi connectivity index (χ2n) is 5.41. The lowest BCUT2D eigenvalue weighted by Crippen LogP contribution is -2.17. The summed E-state index contributed by atoms with van der Waals surface area (Å²) in [5, 5.41) is 8.62. The maximum absolute atomic E-state index is 12.0. The van der Waals surface area contributed by atoms with E-state index in [0.717, 1.165) is 28.8 Å². The Morgan fingerprint density at radius 1 is 1.12 bits per heavy atom. The van der Waals surface area contributed by atoms with Crippen molar-refractivity contribution in [2.75, 3.05) is 5.75 Å². The molecule has 3 heterocycles. The minimum Gasteiger partial charge on any atom is -0.411 e. The molecule has 1 N–H and O–H groups in total. The van der Waals surface area contributed by atoms with Crippen molar-refractivity contribution in [2.45, 2.75) is 18.2 Å². The number of aromatic nitrogens is 5. The standard InChI is InChI=1S/C17H15N5O2S/c23-16-19-13-4-1-2-5-14(13)22(16)10-3-11-25-17-21-20-15(24-17)12-6-8-18-9-7-12/h1-2,4-9H,3,10-11H2,(H,19,23).